The molecule has 5 heteroatoms. The normalized spacial score (nSPS) is 50.1. The highest BCUT2D eigenvalue weighted by molar-refractivity contribution is 5.95. The highest BCUT2D eigenvalue weighted by Crippen LogP contribution is 2.69. The van der Waals surface area contributed by atoms with Crippen LogP contribution in [0.1, 0.15) is 92.4 Å². The molecular formula is C29H42O5. The molecule has 5 rings (SSSR count). The van der Waals surface area contributed by atoms with Crippen LogP contribution >= 0.6 is 0 Å². The van der Waals surface area contributed by atoms with Crippen LogP contribution < -0.4 is 0 Å². The Kier molecular flexibility index (Phi) is 5.61. The van der Waals surface area contributed by atoms with Gasteiger partial charge >= 0.3 is 11.9 Å². The molecule has 188 valence electrons. The van der Waals surface area contributed by atoms with Crippen LogP contribution in [-0.2, 0) is 19.1 Å². The molecule has 4 fully saturated rings. The lowest BCUT2D eigenvalue weighted by atomic mass is 9.38. The molecule has 0 radical (unpaired) electrons. The van der Waals surface area contributed by atoms with E-state index in [-0.39, 0.29) is 57.8 Å². The topological polar surface area (TPSA) is 80.7 Å². The third kappa shape index (κ3) is 3.35. The van der Waals surface area contributed by atoms with Crippen molar-refractivity contribution in [3.63, 3.8) is 0 Å². The summed E-state index contributed by atoms with van der Waals surface area (Å²) < 4.78 is 5.69. The van der Waals surface area contributed by atoms with E-state index in [1.807, 2.05) is 6.08 Å². The molecular weight excluding hydrogens is 428 g/mol. The van der Waals surface area contributed by atoms with Crippen molar-refractivity contribution in [3.05, 3.63) is 11.6 Å². The number of ketones is 1. The van der Waals surface area contributed by atoms with E-state index in [0.717, 1.165) is 51.4 Å². The smallest absolute Gasteiger partial charge is 0.306 e. The molecule has 0 aromatic rings. The molecule has 0 aromatic heterocycles. The predicted molar refractivity (Wildman–Crippen MR) is 129 cm³/mol. The lowest BCUT2D eigenvalue weighted by Gasteiger charge is -2.65. The highest BCUT2D eigenvalue weighted by Gasteiger charge is 2.65. The molecule has 5 aliphatic rings. The first-order valence-corrected chi connectivity index (χ1v) is 13.6. The molecule has 0 spiro atoms. The van der Waals surface area contributed by atoms with Crippen molar-refractivity contribution in [2.75, 3.05) is 0 Å². The molecule has 5 nitrogen and oxygen atoms in total. The van der Waals surface area contributed by atoms with Crippen LogP contribution in [0.3, 0.4) is 0 Å². The highest BCUT2D eigenvalue weighted by atomic mass is 16.5. The van der Waals surface area contributed by atoms with Gasteiger partial charge in [-0.2, -0.15) is 0 Å². The van der Waals surface area contributed by atoms with Crippen molar-refractivity contribution in [3.8, 4) is 0 Å². The van der Waals surface area contributed by atoms with E-state index in [0.29, 0.717) is 18.3 Å². The van der Waals surface area contributed by atoms with Crippen LogP contribution in [-0.4, -0.2) is 28.9 Å². The largest absolute Gasteiger partial charge is 0.481 e. The van der Waals surface area contributed by atoms with Gasteiger partial charge in [-0.15, -0.1) is 0 Å². The molecule has 34 heavy (non-hydrogen) atoms. The summed E-state index contributed by atoms with van der Waals surface area (Å²) in [7, 11) is 0. The maximum Gasteiger partial charge on any atom is 0.306 e. The molecule has 0 aromatic carbocycles. The van der Waals surface area contributed by atoms with E-state index in [2.05, 4.69) is 27.7 Å². The zero-order valence-electron chi connectivity index (χ0n) is 21.6. The number of rotatable bonds is 2. The number of allylic oxidation sites excluding steroid dienone is 2. The van der Waals surface area contributed by atoms with E-state index in [1.54, 1.807) is 0 Å². The Morgan fingerprint density at radius 2 is 1.65 bits per heavy atom. The zero-order valence-corrected chi connectivity index (χ0v) is 21.6. The first-order valence-electron chi connectivity index (χ1n) is 13.6. The average molecular weight is 471 g/mol. The Bertz CT molecular complexity index is 937. The second-order valence-electron chi connectivity index (χ2n) is 13.3. The number of fused-ring (bicyclic) bond motifs is 7. The first kappa shape index (κ1) is 24.1. The number of esters is 1. The average Bonchev–Trinajstić information content (AvgIpc) is 2.74. The van der Waals surface area contributed by atoms with Gasteiger partial charge in [0.05, 0.1) is 5.92 Å². The van der Waals surface area contributed by atoms with Gasteiger partial charge in [0.1, 0.15) is 6.10 Å². The first-order chi connectivity index (χ1) is 15.9. The summed E-state index contributed by atoms with van der Waals surface area (Å²) in [5.74, 6) is 0.327. The number of ether oxygens (including phenoxy) is 1. The summed E-state index contributed by atoms with van der Waals surface area (Å²) in [5, 5.41) is 9.74. The second kappa shape index (κ2) is 7.93. The van der Waals surface area contributed by atoms with Crippen LogP contribution in [0.25, 0.3) is 0 Å². The molecule has 9 unspecified atom stereocenters. The summed E-state index contributed by atoms with van der Waals surface area (Å²) in [6.45, 7) is 10.8. The molecule has 5 aliphatic carbocycles. The van der Waals surface area contributed by atoms with E-state index in [4.69, 9.17) is 4.74 Å². The fourth-order valence-electron chi connectivity index (χ4n) is 9.95. The summed E-state index contributed by atoms with van der Waals surface area (Å²) in [4.78, 5) is 37.6. The van der Waals surface area contributed by atoms with Gasteiger partial charge in [-0.05, 0) is 104 Å². The number of carboxylic acid groups (broad SMARTS) is 1. The molecule has 0 bridgehead atoms. The van der Waals surface area contributed by atoms with Crippen molar-refractivity contribution >= 4 is 17.7 Å². The molecule has 0 heterocycles. The van der Waals surface area contributed by atoms with Crippen LogP contribution in [0.4, 0.5) is 0 Å². The number of carbonyl (C=O) groups is 3. The van der Waals surface area contributed by atoms with E-state index >= 15 is 0 Å². The third-order valence-corrected chi connectivity index (χ3v) is 11.6. The SMILES string of the molecule is CC(=O)OC1CCC2(C)C(CCC3(C)C4CCC5(C)CC[C@H](C(=O)O)CC5C4=CC(=O)C32)C1C. The Hall–Kier alpha value is -1.65. The zero-order chi connectivity index (χ0) is 24.6. The summed E-state index contributed by atoms with van der Waals surface area (Å²) >= 11 is 0. The van der Waals surface area contributed by atoms with Gasteiger partial charge in [0.2, 0.25) is 0 Å². The lowest BCUT2D eigenvalue weighted by Crippen LogP contribution is -2.62. The van der Waals surface area contributed by atoms with E-state index in [1.165, 1.54) is 12.5 Å². The molecule has 0 aliphatic heterocycles. The third-order valence-electron chi connectivity index (χ3n) is 11.6. The van der Waals surface area contributed by atoms with Crippen molar-refractivity contribution in [1.29, 1.82) is 0 Å². The van der Waals surface area contributed by atoms with Crippen LogP contribution in [0, 0.1) is 51.8 Å². The molecule has 4 saturated carbocycles. The van der Waals surface area contributed by atoms with Gasteiger partial charge < -0.3 is 9.84 Å². The Balaban J connectivity index is 1.50. The number of hydrogen-bond donors (Lipinski definition) is 1. The molecule has 0 saturated heterocycles. The number of carboxylic acids is 1. The standard InChI is InChI=1S/C29H42O5/c1-16-20-8-12-29(5)21-7-11-27(3)10-6-18(26(32)33)14-22(27)19(21)15-23(31)25(29)28(20,4)13-9-24(16)34-17(2)30/h15-16,18,20-22,24-25H,6-14H2,1-5H3,(H,32,33)/t16?,18-,20?,21?,22?,24?,25?,27?,28?,29?/m0/s1. The van der Waals surface area contributed by atoms with Crippen LogP contribution in [0.5, 0.6) is 0 Å². The predicted octanol–water partition coefficient (Wildman–Crippen LogP) is 5.81. The molecule has 0 amide bonds. The van der Waals surface area contributed by atoms with Gasteiger partial charge in [-0.3, -0.25) is 14.4 Å². The van der Waals surface area contributed by atoms with Crippen molar-refractivity contribution in [1.82, 2.24) is 0 Å². The maximum absolute atomic E-state index is 14.0. The Morgan fingerprint density at radius 3 is 2.32 bits per heavy atom. The minimum absolute atomic E-state index is 0.00329. The van der Waals surface area contributed by atoms with Gasteiger partial charge in [0.15, 0.2) is 5.78 Å². The second-order valence-corrected chi connectivity index (χ2v) is 13.3. The molecule has 1 N–H and O–H groups in total. The van der Waals surface area contributed by atoms with Crippen molar-refractivity contribution in [2.24, 2.45) is 51.8 Å². The van der Waals surface area contributed by atoms with Gasteiger partial charge in [-0.1, -0.05) is 33.3 Å². The maximum atomic E-state index is 14.0. The summed E-state index contributed by atoms with van der Waals surface area (Å²) in [5.41, 5.74) is 1.25. The van der Waals surface area contributed by atoms with Crippen molar-refractivity contribution < 1.29 is 24.2 Å². The monoisotopic (exact) mass is 470 g/mol. The quantitative estimate of drug-likeness (QED) is 0.515. The number of aliphatic carboxylic acids is 1. The summed E-state index contributed by atoms with van der Waals surface area (Å²) in [6.07, 6.45) is 10.4. The fraction of sp³-hybridized carbons (Fsp3) is 0.828. The lowest BCUT2D eigenvalue weighted by molar-refractivity contribution is -0.180. The van der Waals surface area contributed by atoms with Crippen LogP contribution in [0.2, 0.25) is 0 Å². The van der Waals surface area contributed by atoms with Crippen molar-refractivity contribution in [2.45, 2.75) is 98.5 Å². The van der Waals surface area contributed by atoms with E-state index < -0.39 is 5.97 Å². The molecule has 10 atom stereocenters. The van der Waals surface area contributed by atoms with Crippen LogP contribution in [0.15, 0.2) is 11.6 Å². The summed E-state index contributed by atoms with van der Waals surface area (Å²) in [6, 6.07) is 0. The van der Waals surface area contributed by atoms with E-state index in [9.17, 15) is 19.5 Å². The minimum Gasteiger partial charge on any atom is -0.481 e. The van der Waals surface area contributed by atoms with Gasteiger partial charge in [0, 0.05) is 12.8 Å². The Labute approximate surface area is 204 Å². The van der Waals surface area contributed by atoms with Gasteiger partial charge in [0.25, 0.3) is 0 Å². The Morgan fingerprint density at radius 1 is 0.971 bits per heavy atom. The fourth-order valence-corrected chi connectivity index (χ4v) is 9.95. The number of hydrogen-bond acceptors (Lipinski definition) is 4. The minimum atomic E-state index is -0.678. The van der Waals surface area contributed by atoms with Gasteiger partial charge in [-0.25, -0.2) is 0 Å². The number of carbonyl (C=O) groups excluding carboxylic acids is 2.